The molecule has 0 aliphatic heterocycles. The minimum Gasteiger partial charge on any atom is -0.507 e. The lowest BCUT2D eigenvalue weighted by molar-refractivity contribution is -0.118. The van der Waals surface area contributed by atoms with Gasteiger partial charge in [-0.2, -0.15) is 0 Å². The van der Waals surface area contributed by atoms with E-state index in [2.05, 4.69) is 5.32 Å². The molecule has 2 N–H and O–H groups in total. The van der Waals surface area contributed by atoms with Crippen LogP contribution in [-0.4, -0.2) is 24.7 Å². The second-order valence-electron chi connectivity index (χ2n) is 3.60. The minimum atomic E-state index is -0.0392. The number of aromatic hydroxyl groups is 1. The second-order valence-corrected chi connectivity index (χ2v) is 3.60. The zero-order valence-electron chi connectivity index (χ0n) is 10.1. The van der Waals surface area contributed by atoms with Crippen LogP contribution in [0.4, 0.5) is 0 Å². The van der Waals surface area contributed by atoms with Crippen LogP contribution in [0.1, 0.15) is 18.9 Å². The number of benzene rings is 1. The van der Waals surface area contributed by atoms with Crippen molar-refractivity contribution >= 4 is 12.0 Å². The van der Waals surface area contributed by atoms with Crippen LogP contribution in [0.25, 0.3) is 6.08 Å². The molecule has 0 unspecified atom stereocenters. The average molecular weight is 235 g/mol. The molecule has 0 atom stereocenters. The molecule has 17 heavy (non-hydrogen) atoms. The van der Waals surface area contributed by atoms with Crippen molar-refractivity contribution in [3.8, 4) is 11.5 Å². The normalized spacial score (nSPS) is 10.5. The fraction of sp³-hybridized carbons (Fsp3) is 0.308. The van der Waals surface area contributed by atoms with E-state index in [4.69, 9.17) is 4.74 Å². The molecule has 0 saturated heterocycles. The third-order valence-corrected chi connectivity index (χ3v) is 2.22. The molecule has 0 spiro atoms. The van der Waals surface area contributed by atoms with E-state index in [1.54, 1.807) is 31.4 Å². The Bertz CT molecular complexity index is 413. The first-order valence-electron chi connectivity index (χ1n) is 5.41. The van der Waals surface area contributed by atoms with E-state index in [9.17, 15) is 9.90 Å². The molecule has 1 amide bonds. The molecule has 1 aromatic carbocycles. The summed E-state index contributed by atoms with van der Waals surface area (Å²) in [6, 6.07) is 5.04. The van der Waals surface area contributed by atoms with Crippen LogP contribution in [0.15, 0.2) is 24.3 Å². The van der Waals surface area contributed by atoms with Crippen molar-refractivity contribution in [2.45, 2.75) is 13.3 Å². The number of carbonyl (C=O) groups is 1. The number of phenolic OH excluding ortho intramolecular Hbond substituents is 1. The molecular weight excluding hydrogens is 218 g/mol. The van der Waals surface area contributed by atoms with Crippen molar-refractivity contribution in [1.82, 2.24) is 5.32 Å². The van der Waals surface area contributed by atoms with Crippen LogP contribution in [0.3, 0.4) is 0 Å². The number of hydrogen-bond donors (Lipinski definition) is 2. The highest BCUT2D eigenvalue weighted by Gasteiger charge is 1.99. The lowest BCUT2D eigenvalue weighted by Gasteiger charge is -2.03. The van der Waals surface area contributed by atoms with Crippen molar-refractivity contribution in [3.05, 3.63) is 29.8 Å². The van der Waals surface area contributed by atoms with Crippen LogP contribution in [0.2, 0.25) is 0 Å². The Balaban J connectivity index is 2.55. The van der Waals surface area contributed by atoms with Gasteiger partial charge in [-0.05, 0) is 24.6 Å². The Morgan fingerprint density at radius 3 is 2.94 bits per heavy atom. The molecular formula is C13H17NO3. The molecule has 0 bridgehead atoms. The van der Waals surface area contributed by atoms with Gasteiger partial charge < -0.3 is 15.2 Å². The van der Waals surface area contributed by atoms with Crippen molar-refractivity contribution in [2.75, 3.05) is 13.7 Å². The quantitative estimate of drug-likeness (QED) is 0.767. The standard InChI is InChI=1S/C13H17NO3/c1-10(15)14-8-4-3-5-11-9-12(17-2)6-7-13(11)16/h3,5-7,9,16H,4,8H2,1-2H3,(H,14,15). The average Bonchev–Trinajstić information content (AvgIpc) is 2.30. The summed E-state index contributed by atoms with van der Waals surface area (Å²) in [4.78, 5) is 10.6. The fourth-order valence-electron chi connectivity index (χ4n) is 1.33. The Morgan fingerprint density at radius 2 is 2.29 bits per heavy atom. The number of amides is 1. The second kappa shape index (κ2) is 6.58. The number of rotatable bonds is 5. The lowest BCUT2D eigenvalue weighted by Crippen LogP contribution is -2.20. The molecule has 0 aliphatic carbocycles. The summed E-state index contributed by atoms with van der Waals surface area (Å²) >= 11 is 0. The molecule has 0 aliphatic rings. The van der Waals surface area contributed by atoms with Crippen LogP contribution >= 0.6 is 0 Å². The van der Waals surface area contributed by atoms with E-state index < -0.39 is 0 Å². The number of ether oxygens (including phenoxy) is 1. The molecule has 4 heteroatoms. The summed E-state index contributed by atoms with van der Waals surface area (Å²) in [6.45, 7) is 2.08. The number of methoxy groups -OCH3 is 1. The minimum absolute atomic E-state index is 0.0392. The number of carbonyl (C=O) groups excluding carboxylic acids is 1. The van der Waals surface area contributed by atoms with Crippen LogP contribution in [-0.2, 0) is 4.79 Å². The fourth-order valence-corrected chi connectivity index (χ4v) is 1.33. The topological polar surface area (TPSA) is 58.6 Å². The Kier molecular flexibility index (Phi) is 5.07. The highest BCUT2D eigenvalue weighted by Crippen LogP contribution is 2.23. The van der Waals surface area contributed by atoms with Gasteiger partial charge in [0.05, 0.1) is 7.11 Å². The third kappa shape index (κ3) is 4.59. The first-order valence-corrected chi connectivity index (χ1v) is 5.41. The van der Waals surface area contributed by atoms with E-state index in [-0.39, 0.29) is 11.7 Å². The Morgan fingerprint density at radius 1 is 1.53 bits per heavy atom. The summed E-state index contributed by atoms with van der Waals surface area (Å²) in [5.74, 6) is 0.869. The molecule has 1 rings (SSSR count). The molecule has 92 valence electrons. The van der Waals surface area contributed by atoms with E-state index in [0.29, 0.717) is 17.9 Å². The zero-order valence-corrected chi connectivity index (χ0v) is 10.1. The van der Waals surface area contributed by atoms with Gasteiger partial charge in [0.25, 0.3) is 0 Å². The number of hydrogen-bond acceptors (Lipinski definition) is 3. The van der Waals surface area contributed by atoms with Gasteiger partial charge in [-0.3, -0.25) is 4.79 Å². The summed E-state index contributed by atoms with van der Waals surface area (Å²) in [7, 11) is 1.58. The van der Waals surface area contributed by atoms with E-state index in [1.807, 2.05) is 6.08 Å². The Labute approximate surface area is 101 Å². The smallest absolute Gasteiger partial charge is 0.216 e. The first-order chi connectivity index (χ1) is 8.13. The van der Waals surface area contributed by atoms with Crippen molar-refractivity contribution < 1.29 is 14.6 Å². The molecule has 1 aromatic rings. The third-order valence-electron chi connectivity index (χ3n) is 2.22. The van der Waals surface area contributed by atoms with Gasteiger partial charge in [0.15, 0.2) is 0 Å². The number of nitrogens with one attached hydrogen (secondary N) is 1. The molecule has 0 fully saturated rings. The largest absolute Gasteiger partial charge is 0.507 e. The molecule has 0 saturated carbocycles. The van der Waals surface area contributed by atoms with Crippen molar-refractivity contribution in [1.29, 1.82) is 0 Å². The number of phenols is 1. The maximum absolute atomic E-state index is 10.6. The lowest BCUT2D eigenvalue weighted by atomic mass is 10.1. The zero-order chi connectivity index (χ0) is 12.7. The van der Waals surface area contributed by atoms with Crippen LogP contribution in [0.5, 0.6) is 11.5 Å². The van der Waals surface area contributed by atoms with Gasteiger partial charge >= 0.3 is 0 Å². The van der Waals surface area contributed by atoms with Crippen molar-refractivity contribution in [2.24, 2.45) is 0 Å². The highest BCUT2D eigenvalue weighted by molar-refractivity contribution is 5.72. The predicted molar refractivity (Wildman–Crippen MR) is 67.0 cm³/mol. The molecule has 4 nitrogen and oxygen atoms in total. The van der Waals surface area contributed by atoms with Gasteiger partial charge in [-0.15, -0.1) is 0 Å². The van der Waals surface area contributed by atoms with Crippen LogP contribution < -0.4 is 10.1 Å². The van der Waals surface area contributed by atoms with Crippen LogP contribution in [0, 0.1) is 0 Å². The van der Waals surface area contributed by atoms with Gasteiger partial charge in [0.1, 0.15) is 11.5 Å². The van der Waals surface area contributed by atoms with Gasteiger partial charge in [0.2, 0.25) is 5.91 Å². The maximum Gasteiger partial charge on any atom is 0.216 e. The highest BCUT2D eigenvalue weighted by atomic mass is 16.5. The predicted octanol–water partition coefficient (Wildman–Crippen LogP) is 1.94. The molecule has 0 aromatic heterocycles. The van der Waals surface area contributed by atoms with Crippen molar-refractivity contribution in [3.63, 3.8) is 0 Å². The maximum atomic E-state index is 10.6. The summed E-state index contributed by atoms with van der Waals surface area (Å²) in [6.07, 6.45) is 4.42. The summed E-state index contributed by atoms with van der Waals surface area (Å²) < 4.78 is 5.07. The summed E-state index contributed by atoms with van der Waals surface area (Å²) in [5.41, 5.74) is 0.701. The SMILES string of the molecule is COc1ccc(O)c(C=CCCNC(C)=O)c1. The Hall–Kier alpha value is -1.97. The first kappa shape index (κ1) is 13.1. The monoisotopic (exact) mass is 235 g/mol. The molecule has 0 heterocycles. The van der Waals surface area contributed by atoms with E-state index in [0.717, 1.165) is 6.42 Å². The van der Waals surface area contributed by atoms with Gasteiger partial charge in [-0.1, -0.05) is 12.2 Å². The van der Waals surface area contributed by atoms with Gasteiger partial charge in [0, 0.05) is 19.0 Å². The van der Waals surface area contributed by atoms with Gasteiger partial charge in [-0.25, -0.2) is 0 Å². The van der Waals surface area contributed by atoms with E-state index in [1.165, 1.54) is 6.92 Å². The molecule has 0 radical (unpaired) electrons. The summed E-state index contributed by atoms with van der Waals surface area (Å²) in [5, 5.41) is 12.3. The van der Waals surface area contributed by atoms with E-state index >= 15 is 0 Å².